The Bertz CT molecular complexity index is 429. The lowest BCUT2D eigenvalue weighted by atomic mass is 10.0. The van der Waals surface area contributed by atoms with Gasteiger partial charge in [-0.05, 0) is 30.0 Å². The average Bonchev–Trinajstić information content (AvgIpc) is 2.31. The third-order valence-corrected chi connectivity index (χ3v) is 2.71. The highest BCUT2D eigenvalue weighted by Crippen LogP contribution is 2.15. The van der Waals surface area contributed by atoms with E-state index in [0.717, 1.165) is 12.0 Å². The van der Waals surface area contributed by atoms with E-state index in [1.807, 2.05) is 18.2 Å². The Morgan fingerprint density at radius 2 is 1.44 bits per heavy atom. The summed E-state index contributed by atoms with van der Waals surface area (Å²) >= 11 is 0. The van der Waals surface area contributed by atoms with E-state index in [-0.39, 0.29) is 6.10 Å². The minimum Gasteiger partial charge on any atom is -0.389 e. The summed E-state index contributed by atoms with van der Waals surface area (Å²) in [6.45, 7) is 1.78. The van der Waals surface area contributed by atoms with Gasteiger partial charge in [-0.1, -0.05) is 54.6 Å². The smallest absolute Gasteiger partial charge is 0.0761 e. The molecule has 2 rings (SSSR count). The highest BCUT2D eigenvalue weighted by atomic mass is 16.3. The second-order valence-corrected chi connectivity index (χ2v) is 4.08. The SMILES string of the molecule is C[C@@H](O)c1ccc(Cc2ccccc2)cc1. The Morgan fingerprint density at radius 1 is 0.875 bits per heavy atom. The Hall–Kier alpha value is -1.60. The maximum Gasteiger partial charge on any atom is 0.0761 e. The van der Waals surface area contributed by atoms with E-state index in [9.17, 15) is 5.11 Å². The molecule has 0 fully saturated rings. The molecule has 2 aromatic rings. The molecule has 0 amide bonds. The van der Waals surface area contributed by atoms with E-state index in [1.54, 1.807) is 6.92 Å². The summed E-state index contributed by atoms with van der Waals surface area (Å²) < 4.78 is 0. The summed E-state index contributed by atoms with van der Waals surface area (Å²) in [5, 5.41) is 9.40. The van der Waals surface area contributed by atoms with E-state index in [2.05, 4.69) is 36.4 Å². The quantitative estimate of drug-likeness (QED) is 0.827. The number of aliphatic hydroxyl groups excluding tert-OH is 1. The highest BCUT2D eigenvalue weighted by Gasteiger charge is 2.00. The van der Waals surface area contributed by atoms with Crippen molar-refractivity contribution in [2.45, 2.75) is 19.4 Å². The molecular weight excluding hydrogens is 196 g/mol. The first kappa shape index (κ1) is 10.9. The van der Waals surface area contributed by atoms with Crippen molar-refractivity contribution >= 4 is 0 Å². The van der Waals surface area contributed by atoms with Crippen LogP contribution in [0.3, 0.4) is 0 Å². The molecule has 0 unspecified atom stereocenters. The molecule has 0 aliphatic rings. The third-order valence-electron chi connectivity index (χ3n) is 2.71. The fraction of sp³-hybridized carbons (Fsp3) is 0.200. The van der Waals surface area contributed by atoms with Crippen LogP contribution in [-0.4, -0.2) is 5.11 Å². The Balaban J connectivity index is 2.11. The van der Waals surface area contributed by atoms with Gasteiger partial charge in [0.25, 0.3) is 0 Å². The van der Waals surface area contributed by atoms with Crippen molar-refractivity contribution in [2.24, 2.45) is 0 Å². The Kier molecular flexibility index (Phi) is 3.37. The number of hydrogen-bond donors (Lipinski definition) is 1. The fourth-order valence-electron chi connectivity index (χ4n) is 1.75. The highest BCUT2D eigenvalue weighted by molar-refractivity contribution is 5.29. The molecule has 0 saturated carbocycles. The van der Waals surface area contributed by atoms with Gasteiger partial charge in [0.15, 0.2) is 0 Å². The van der Waals surface area contributed by atoms with E-state index in [4.69, 9.17) is 0 Å². The molecule has 2 aromatic carbocycles. The van der Waals surface area contributed by atoms with Gasteiger partial charge in [-0.25, -0.2) is 0 Å². The summed E-state index contributed by atoms with van der Waals surface area (Å²) in [5.41, 5.74) is 3.56. The predicted octanol–water partition coefficient (Wildman–Crippen LogP) is 3.33. The molecule has 0 saturated heterocycles. The van der Waals surface area contributed by atoms with Crippen molar-refractivity contribution in [2.75, 3.05) is 0 Å². The zero-order valence-corrected chi connectivity index (χ0v) is 9.43. The largest absolute Gasteiger partial charge is 0.389 e. The molecular formula is C15H16O. The molecule has 82 valence electrons. The lowest BCUT2D eigenvalue weighted by Crippen LogP contribution is -1.92. The second kappa shape index (κ2) is 4.95. The second-order valence-electron chi connectivity index (χ2n) is 4.08. The van der Waals surface area contributed by atoms with Crippen LogP contribution in [-0.2, 0) is 6.42 Å². The Labute approximate surface area is 96.4 Å². The van der Waals surface area contributed by atoms with Gasteiger partial charge in [-0.15, -0.1) is 0 Å². The summed E-state index contributed by atoms with van der Waals surface area (Å²) in [6.07, 6.45) is 0.562. The summed E-state index contributed by atoms with van der Waals surface area (Å²) in [6, 6.07) is 18.5. The van der Waals surface area contributed by atoms with Gasteiger partial charge < -0.3 is 5.11 Å². The van der Waals surface area contributed by atoms with Crippen molar-refractivity contribution in [3.63, 3.8) is 0 Å². The summed E-state index contributed by atoms with van der Waals surface area (Å²) in [5.74, 6) is 0. The van der Waals surface area contributed by atoms with Crippen molar-refractivity contribution in [1.29, 1.82) is 0 Å². The van der Waals surface area contributed by atoms with E-state index in [0.29, 0.717) is 0 Å². The van der Waals surface area contributed by atoms with Crippen LogP contribution >= 0.6 is 0 Å². The van der Waals surface area contributed by atoms with Gasteiger partial charge in [-0.2, -0.15) is 0 Å². The molecule has 1 atom stereocenters. The lowest BCUT2D eigenvalue weighted by molar-refractivity contribution is 0.199. The predicted molar refractivity (Wildman–Crippen MR) is 66.3 cm³/mol. The molecule has 0 aliphatic carbocycles. The molecule has 0 radical (unpaired) electrons. The van der Waals surface area contributed by atoms with Crippen LogP contribution in [0.4, 0.5) is 0 Å². The molecule has 0 heterocycles. The van der Waals surface area contributed by atoms with Gasteiger partial charge in [0.2, 0.25) is 0 Å². The maximum atomic E-state index is 9.40. The van der Waals surface area contributed by atoms with Gasteiger partial charge in [-0.3, -0.25) is 0 Å². The zero-order chi connectivity index (χ0) is 11.4. The Morgan fingerprint density at radius 3 is 2.00 bits per heavy atom. The van der Waals surface area contributed by atoms with Crippen molar-refractivity contribution in [3.05, 3.63) is 71.3 Å². The summed E-state index contributed by atoms with van der Waals surface area (Å²) in [7, 11) is 0. The fourth-order valence-corrected chi connectivity index (χ4v) is 1.75. The minimum absolute atomic E-state index is 0.384. The van der Waals surface area contributed by atoms with Crippen molar-refractivity contribution < 1.29 is 5.11 Å². The molecule has 16 heavy (non-hydrogen) atoms. The minimum atomic E-state index is -0.384. The number of hydrogen-bond acceptors (Lipinski definition) is 1. The average molecular weight is 212 g/mol. The maximum absolute atomic E-state index is 9.40. The zero-order valence-electron chi connectivity index (χ0n) is 9.43. The van der Waals surface area contributed by atoms with Crippen LogP contribution in [0.2, 0.25) is 0 Å². The molecule has 1 heteroatoms. The molecule has 0 aromatic heterocycles. The molecule has 0 aliphatic heterocycles. The van der Waals surface area contributed by atoms with Gasteiger partial charge in [0.05, 0.1) is 6.10 Å². The van der Waals surface area contributed by atoms with Crippen molar-refractivity contribution in [1.82, 2.24) is 0 Å². The topological polar surface area (TPSA) is 20.2 Å². The van der Waals surface area contributed by atoms with Crippen molar-refractivity contribution in [3.8, 4) is 0 Å². The normalized spacial score (nSPS) is 12.4. The monoisotopic (exact) mass is 212 g/mol. The van der Waals surface area contributed by atoms with E-state index in [1.165, 1.54) is 11.1 Å². The third kappa shape index (κ3) is 2.71. The van der Waals surface area contributed by atoms with Gasteiger partial charge >= 0.3 is 0 Å². The molecule has 1 nitrogen and oxygen atoms in total. The number of benzene rings is 2. The van der Waals surface area contributed by atoms with Crippen LogP contribution < -0.4 is 0 Å². The number of rotatable bonds is 3. The number of aliphatic hydroxyl groups is 1. The van der Waals surface area contributed by atoms with Crippen LogP contribution in [0, 0.1) is 0 Å². The van der Waals surface area contributed by atoms with E-state index >= 15 is 0 Å². The van der Waals surface area contributed by atoms with Gasteiger partial charge in [0, 0.05) is 0 Å². The first-order chi connectivity index (χ1) is 7.75. The molecule has 1 N–H and O–H groups in total. The van der Waals surface area contributed by atoms with Crippen LogP contribution in [0.25, 0.3) is 0 Å². The van der Waals surface area contributed by atoms with Gasteiger partial charge in [0.1, 0.15) is 0 Å². The first-order valence-electron chi connectivity index (χ1n) is 5.56. The van der Waals surface area contributed by atoms with Crippen LogP contribution in [0.1, 0.15) is 29.7 Å². The van der Waals surface area contributed by atoms with Crippen LogP contribution in [0.5, 0.6) is 0 Å². The summed E-state index contributed by atoms with van der Waals surface area (Å²) in [4.78, 5) is 0. The van der Waals surface area contributed by atoms with E-state index < -0.39 is 0 Å². The molecule has 0 bridgehead atoms. The molecule has 0 spiro atoms. The van der Waals surface area contributed by atoms with Crippen LogP contribution in [0.15, 0.2) is 54.6 Å². The standard InChI is InChI=1S/C15H16O/c1-12(16)15-9-7-14(8-10-15)11-13-5-3-2-4-6-13/h2-10,12,16H,11H2,1H3/t12-/m1/s1. The first-order valence-corrected chi connectivity index (χ1v) is 5.56. The lowest BCUT2D eigenvalue weighted by Gasteiger charge is -2.06.